The van der Waals surface area contributed by atoms with E-state index in [4.69, 9.17) is 11.6 Å². The van der Waals surface area contributed by atoms with Crippen molar-refractivity contribution in [2.45, 2.75) is 12.5 Å². The number of aliphatic carboxylic acids is 1. The fourth-order valence-corrected chi connectivity index (χ4v) is 2.12. The summed E-state index contributed by atoms with van der Waals surface area (Å²) in [5, 5.41) is 12.0. The molecule has 0 saturated heterocycles. The Morgan fingerprint density at radius 1 is 1.18 bits per heavy atom. The highest BCUT2D eigenvalue weighted by Crippen LogP contribution is 2.11. The van der Waals surface area contributed by atoms with Gasteiger partial charge in [-0.05, 0) is 35.9 Å². The third-order valence-electron chi connectivity index (χ3n) is 3.04. The normalized spacial score (nSPS) is 11.7. The molecule has 2 N–H and O–H groups in total. The van der Waals surface area contributed by atoms with Crippen LogP contribution in [0.5, 0.6) is 0 Å². The zero-order valence-corrected chi connectivity index (χ0v) is 12.2. The van der Waals surface area contributed by atoms with Crippen LogP contribution in [0.1, 0.15) is 15.9 Å². The van der Waals surface area contributed by atoms with Gasteiger partial charge in [0, 0.05) is 17.0 Å². The zero-order valence-electron chi connectivity index (χ0n) is 11.4. The number of carbonyl (C=O) groups is 2. The first-order valence-electron chi connectivity index (χ1n) is 6.49. The lowest BCUT2D eigenvalue weighted by Crippen LogP contribution is -2.42. The Kier molecular flexibility index (Phi) is 5.12. The quantitative estimate of drug-likeness (QED) is 0.890. The van der Waals surface area contributed by atoms with Crippen molar-refractivity contribution in [2.24, 2.45) is 0 Å². The van der Waals surface area contributed by atoms with E-state index >= 15 is 0 Å². The second-order valence-corrected chi connectivity index (χ2v) is 5.14. The molecule has 0 bridgehead atoms. The Morgan fingerprint density at radius 2 is 1.86 bits per heavy atom. The molecular formula is C16H13ClFNO3. The first-order chi connectivity index (χ1) is 10.5. The summed E-state index contributed by atoms with van der Waals surface area (Å²) >= 11 is 5.80. The topological polar surface area (TPSA) is 66.4 Å². The van der Waals surface area contributed by atoms with Crippen molar-refractivity contribution in [2.75, 3.05) is 0 Å². The van der Waals surface area contributed by atoms with E-state index in [-0.39, 0.29) is 12.0 Å². The molecule has 22 heavy (non-hydrogen) atoms. The molecule has 0 aliphatic carbocycles. The predicted octanol–water partition coefficient (Wildman–Crippen LogP) is 2.90. The summed E-state index contributed by atoms with van der Waals surface area (Å²) in [6, 6.07) is 10.6. The van der Waals surface area contributed by atoms with Crippen LogP contribution in [0.25, 0.3) is 0 Å². The first-order valence-corrected chi connectivity index (χ1v) is 6.87. The van der Waals surface area contributed by atoms with Gasteiger partial charge in [0.2, 0.25) is 0 Å². The van der Waals surface area contributed by atoms with E-state index in [1.54, 1.807) is 12.1 Å². The van der Waals surface area contributed by atoms with Crippen LogP contribution in [0.2, 0.25) is 5.02 Å². The molecule has 1 amide bonds. The average Bonchev–Trinajstić information content (AvgIpc) is 2.48. The fourth-order valence-electron chi connectivity index (χ4n) is 1.93. The second kappa shape index (κ2) is 7.04. The smallest absolute Gasteiger partial charge is 0.326 e. The predicted molar refractivity (Wildman–Crippen MR) is 80.4 cm³/mol. The highest BCUT2D eigenvalue weighted by molar-refractivity contribution is 6.30. The van der Waals surface area contributed by atoms with Gasteiger partial charge in [-0.15, -0.1) is 0 Å². The van der Waals surface area contributed by atoms with Crippen LogP contribution < -0.4 is 5.32 Å². The van der Waals surface area contributed by atoms with E-state index in [0.717, 1.165) is 0 Å². The number of carboxylic acid groups (broad SMARTS) is 1. The molecule has 0 fully saturated rings. The maximum absolute atomic E-state index is 12.9. The third kappa shape index (κ3) is 4.30. The molecule has 0 radical (unpaired) electrons. The van der Waals surface area contributed by atoms with Gasteiger partial charge < -0.3 is 10.4 Å². The highest BCUT2D eigenvalue weighted by atomic mass is 35.5. The Labute approximate surface area is 131 Å². The van der Waals surface area contributed by atoms with Crippen LogP contribution in [0.15, 0.2) is 48.5 Å². The van der Waals surface area contributed by atoms with E-state index in [1.165, 1.54) is 36.4 Å². The van der Waals surface area contributed by atoms with Crippen LogP contribution in [0, 0.1) is 5.82 Å². The summed E-state index contributed by atoms with van der Waals surface area (Å²) in [6.07, 6.45) is 0.0575. The minimum atomic E-state index is -1.17. The Morgan fingerprint density at radius 3 is 2.45 bits per heavy atom. The Bertz CT molecular complexity index is 688. The molecule has 4 nitrogen and oxygen atoms in total. The van der Waals surface area contributed by atoms with Gasteiger partial charge in [-0.25, -0.2) is 9.18 Å². The molecule has 0 saturated carbocycles. The van der Waals surface area contributed by atoms with Gasteiger partial charge >= 0.3 is 5.97 Å². The number of benzene rings is 2. The van der Waals surface area contributed by atoms with E-state index < -0.39 is 23.7 Å². The monoisotopic (exact) mass is 321 g/mol. The van der Waals surface area contributed by atoms with Crippen molar-refractivity contribution in [1.82, 2.24) is 5.32 Å². The lowest BCUT2D eigenvalue weighted by atomic mass is 10.1. The molecule has 2 aromatic rings. The van der Waals surface area contributed by atoms with Crippen LogP contribution in [0.4, 0.5) is 4.39 Å². The van der Waals surface area contributed by atoms with Crippen molar-refractivity contribution in [3.63, 3.8) is 0 Å². The van der Waals surface area contributed by atoms with Crippen LogP contribution in [0.3, 0.4) is 0 Å². The molecular weight excluding hydrogens is 309 g/mol. The van der Waals surface area contributed by atoms with Crippen LogP contribution >= 0.6 is 11.6 Å². The molecule has 114 valence electrons. The average molecular weight is 322 g/mol. The summed E-state index contributed by atoms with van der Waals surface area (Å²) < 4.78 is 12.9. The van der Waals surface area contributed by atoms with E-state index in [2.05, 4.69) is 5.32 Å². The summed E-state index contributed by atoms with van der Waals surface area (Å²) in [5.74, 6) is -2.10. The standard InChI is InChI=1S/C16H13ClFNO3/c17-12-3-1-2-11(9-12)15(20)19-14(16(21)22)8-10-4-6-13(18)7-5-10/h1-7,9,14H,8H2,(H,19,20)(H,21,22). The molecule has 2 aromatic carbocycles. The van der Waals surface area contributed by atoms with Gasteiger partial charge in [0.25, 0.3) is 5.91 Å². The van der Waals surface area contributed by atoms with E-state index in [1.807, 2.05) is 0 Å². The number of halogens is 2. The maximum atomic E-state index is 12.9. The van der Waals surface area contributed by atoms with E-state index in [9.17, 15) is 19.1 Å². The molecule has 1 atom stereocenters. The number of amides is 1. The van der Waals surface area contributed by atoms with Gasteiger partial charge in [0.1, 0.15) is 11.9 Å². The maximum Gasteiger partial charge on any atom is 0.326 e. The van der Waals surface area contributed by atoms with Crippen molar-refractivity contribution >= 4 is 23.5 Å². The second-order valence-electron chi connectivity index (χ2n) is 4.71. The van der Waals surface area contributed by atoms with E-state index in [0.29, 0.717) is 10.6 Å². The molecule has 0 spiro atoms. The summed E-state index contributed by atoms with van der Waals surface area (Å²) in [4.78, 5) is 23.4. The molecule has 0 heterocycles. The van der Waals surface area contributed by atoms with Gasteiger partial charge in [0.15, 0.2) is 0 Å². The fraction of sp³-hybridized carbons (Fsp3) is 0.125. The van der Waals surface area contributed by atoms with Gasteiger partial charge in [-0.2, -0.15) is 0 Å². The number of carbonyl (C=O) groups excluding carboxylic acids is 1. The zero-order chi connectivity index (χ0) is 16.1. The summed E-state index contributed by atoms with van der Waals surface area (Å²) in [6.45, 7) is 0. The van der Waals surface area contributed by atoms with Crippen molar-refractivity contribution in [3.8, 4) is 0 Å². The van der Waals surface area contributed by atoms with Crippen molar-refractivity contribution in [1.29, 1.82) is 0 Å². The van der Waals surface area contributed by atoms with Gasteiger partial charge in [-0.3, -0.25) is 4.79 Å². The van der Waals surface area contributed by atoms with Crippen molar-refractivity contribution < 1.29 is 19.1 Å². The number of hydrogen-bond acceptors (Lipinski definition) is 2. The molecule has 2 rings (SSSR count). The van der Waals surface area contributed by atoms with Crippen LogP contribution in [-0.2, 0) is 11.2 Å². The number of carboxylic acids is 1. The number of nitrogens with one attached hydrogen (secondary N) is 1. The summed E-state index contributed by atoms with van der Waals surface area (Å²) in [5.41, 5.74) is 0.887. The molecule has 0 aromatic heterocycles. The Hall–Kier alpha value is -2.40. The molecule has 6 heteroatoms. The number of hydrogen-bond donors (Lipinski definition) is 2. The minimum Gasteiger partial charge on any atom is -0.480 e. The molecule has 1 unspecified atom stereocenters. The SMILES string of the molecule is O=C(NC(Cc1ccc(F)cc1)C(=O)O)c1cccc(Cl)c1. The molecule has 0 aliphatic heterocycles. The summed E-state index contributed by atoms with van der Waals surface area (Å²) in [7, 11) is 0. The highest BCUT2D eigenvalue weighted by Gasteiger charge is 2.21. The lowest BCUT2D eigenvalue weighted by molar-refractivity contribution is -0.139. The largest absolute Gasteiger partial charge is 0.480 e. The van der Waals surface area contributed by atoms with Gasteiger partial charge in [-0.1, -0.05) is 29.8 Å². The third-order valence-corrected chi connectivity index (χ3v) is 3.28. The first kappa shape index (κ1) is 16.0. The van der Waals surface area contributed by atoms with Crippen LogP contribution in [-0.4, -0.2) is 23.0 Å². The Balaban J connectivity index is 2.10. The number of rotatable bonds is 5. The van der Waals surface area contributed by atoms with Crippen molar-refractivity contribution in [3.05, 3.63) is 70.5 Å². The molecule has 0 aliphatic rings. The lowest BCUT2D eigenvalue weighted by Gasteiger charge is -2.15. The minimum absolute atomic E-state index is 0.0575. The van der Waals surface area contributed by atoms with Gasteiger partial charge in [0.05, 0.1) is 0 Å².